The summed E-state index contributed by atoms with van der Waals surface area (Å²) in [6, 6.07) is 0. The molecular weight excluding hydrogens is 232 g/mol. The van der Waals surface area contributed by atoms with E-state index in [1.807, 2.05) is 13.8 Å². The number of carbonyl (C=O) groups excluding carboxylic acids is 1. The summed E-state index contributed by atoms with van der Waals surface area (Å²) in [6.45, 7) is 6.29. The molecule has 6 nitrogen and oxygen atoms in total. The number of carbonyl (C=O) groups is 1. The van der Waals surface area contributed by atoms with E-state index in [4.69, 9.17) is 10.3 Å². The first-order chi connectivity index (χ1) is 8.56. The van der Waals surface area contributed by atoms with Gasteiger partial charge in [0.15, 0.2) is 5.82 Å². The number of hydrogen-bond donors (Lipinski definition) is 1. The molecule has 1 aromatic rings. The third-order valence-electron chi connectivity index (χ3n) is 3.27. The Kier molecular flexibility index (Phi) is 3.96. The fourth-order valence-electron chi connectivity index (χ4n) is 2.19. The third-order valence-corrected chi connectivity index (χ3v) is 3.27. The Hall–Kier alpha value is -1.43. The molecule has 2 N–H and O–H groups in total. The van der Waals surface area contributed by atoms with E-state index < -0.39 is 0 Å². The van der Waals surface area contributed by atoms with Crippen LogP contribution in [0.1, 0.15) is 44.3 Å². The van der Waals surface area contributed by atoms with Crippen LogP contribution in [0.25, 0.3) is 0 Å². The second-order valence-electron chi connectivity index (χ2n) is 5.18. The molecule has 1 aliphatic heterocycles. The van der Waals surface area contributed by atoms with Crippen molar-refractivity contribution in [3.05, 3.63) is 11.7 Å². The summed E-state index contributed by atoms with van der Waals surface area (Å²) < 4.78 is 5.21. The van der Waals surface area contributed by atoms with Gasteiger partial charge in [0.1, 0.15) is 0 Å². The van der Waals surface area contributed by atoms with Gasteiger partial charge in [-0.25, -0.2) is 0 Å². The molecule has 0 aromatic carbocycles. The molecule has 0 bridgehead atoms. The molecule has 1 aliphatic rings. The lowest BCUT2D eigenvalue weighted by molar-refractivity contribution is -0.123. The number of piperidine rings is 1. The summed E-state index contributed by atoms with van der Waals surface area (Å²) in [7, 11) is 0. The van der Waals surface area contributed by atoms with Gasteiger partial charge in [-0.1, -0.05) is 19.0 Å². The first kappa shape index (κ1) is 13.0. The molecule has 1 aromatic heterocycles. The molecule has 0 radical (unpaired) electrons. The van der Waals surface area contributed by atoms with Crippen LogP contribution >= 0.6 is 0 Å². The van der Waals surface area contributed by atoms with Crippen molar-refractivity contribution >= 4 is 5.91 Å². The largest absolute Gasteiger partial charge is 0.369 e. The predicted octanol–water partition coefficient (Wildman–Crippen LogP) is 0.890. The number of aromatic nitrogens is 2. The average Bonchev–Trinajstić information content (AvgIpc) is 2.78. The highest BCUT2D eigenvalue weighted by Crippen LogP contribution is 2.18. The van der Waals surface area contributed by atoms with Gasteiger partial charge in [-0.15, -0.1) is 0 Å². The van der Waals surface area contributed by atoms with Gasteiger partial charge in [0.2, 0.25) is 11.8 Å². The van der Waals surface area contributed by atoms with Gasteiger partial charge in [-0.2, -0.15) is 4.98 Å². The SMILES string of the molecule is CC(C)c1noc(CN2CCCC(C(N)=O)C2)n1. The van der Waals surface area contributed by atoms with E-state index >= 15 is 0 Å². The zero-order valence-corrected chi connectivity index (χ0v) is 10.9. The molecule has 6 heteroatoms. The van der Waals surface area contributed by atoms with Gasteiger partial charge in [-0.3, -0.25) is 9.69 Å². The maximum absolute atomic E-state index is 11.2. The molecule has 0 saturated carbocycles. The Morgan fingerprint density at radius 3 is 3.00 bits per heavy atom. The Morgan fingerprint density at radius 2 is 2.39 bits per heavy atom. The van der Waals surface area contributed by atoms with Crippen LogP contribution in [0.2, 0.25) is 0 Å². The van der Waals surface area contributed by atoms with E-state index in [0.29, 0.717) is 19.0 Å². The molecule has 0 spiro atoms. The first-order valence-electron chi connectivity index (χ1n) is 6.40. The standard InChI is InChI=1S/C12H20N4O2/c1-8(2)12-14-10(18-15-12)7-16-5-3-4-9(6-16)11(13)17/h8-9H,3-7H2,1-2H3,(H2,13,17). The van der Waals surface area contributed by atoms with Crippen molar-refractivity contribution in [2.24, 2.45) is 11.7 Å². The van der Waals surface area contributed by atoms with Crippen LogP contribution in [0.4, 0.5) is 0 Å². The van der Waals surface area contributed by atoms with Crippen molar-refractivity contribution in [2.45, 2.75) is 39.2 Å². The van der Waals surface area contributed by atoms with Crippen molar-refractivity contribution in [2.75, 3.05) is 13.1 Å². The van der Waals surface area contributed by atoms with E-state index in [1.165, 1.54) is 0 Å². The number of hydrogen-bond acceptors (Lipinski definition) is 5. The fraction of sp³-hybridized carbons (Fsp3) is 0.750. The molecule has 0 aliphatic carbocycles. The normalized spacial score (nSPS) is 21.4. The average molecular weight is 252 g/mol. The van der Waals surface area contributed by atoms with Crippen LogP contribution in [0.3, 0.4) is 0 Å². The summed E-state index contributed by atoms with van der Waals surface area (Å²) >= 11 is 0. The second kappa shape index (κ2) is 5.48. The maximum Gasteiger partial charge on any atom is 0.240 e. The Balaban J connectivity index is 1.94. The monoisotopic (exact) mass is 252 g/mol. The van der Waals surface area contributed by atoms with Gasteiger partial charge in [0.25, 0.3) is 0 Å². The fourth-order valence-corrected chi connectivity index (χ4v) is 2.19. The molecule has 1 saturated heterocycles. The molecule has 100 valence electrons. The molecular formula is C12H20N4O2. The van der Waals surface area contributed by atoms with E-state index in [2.05, 4.69) is 15.0 Å². The Labute approximate surface area is 107 Å². The van der Waals surface area contributed by atoms with E-state index in [9.17, 15) is 4.79 Å². The molecule has 1 atom stereocenters. The van der Waals surface area contributed by atoms with Crippen molar-refractivity contribution in [3.8, 4) is 0 Å². The lowest BCUT2D eigenvalue weighted by atomic mass is 9.97. The molecule has 1 amide bonds. The summed E-state index contributed by atoms with van der Waals surface area (Å²) in [5, 5.41) is 3.93. The summed E-state index contributed by atoms with van der Waals surface area (Å²) in [5.41, 5.74) is 5.35. The number of primary amides is 1. The molecule has 2 heterocycles. The van der Waals surface area contributed by atoms with Crippen LogP contribution in [-0.4, -0.2) is 34.0 Å². The lowest BCUT2D eigenvalue weighted by Gasteiger charge is -2.29. The smallest absolute Gasteiger partial charge is 0.240 e. The van der Waals surface area contributed by atoms with E-state index in [0.717, 1.165) is 25.2 Å². The van der Waals surface area contributed by atoms with Crippen molar-refractivity contribution in [1.82, 2.24) is 15.0 Å². The Bertz CT molecular complexity index is 416. The predicted molar refractivity (Wildman–Crippen MR) is 65.6 cm³/mol. The molecule has 18 heavy (non-hydrogen) atoms. The van der Waals surface area contributed by atoms with Gasteiger partial charge in [0, 0.05) is 12.5 Å². The molecule has 1 fully saturated rings. The lowest BCUT2D eigenvalue weighted by Crippen LogP contribution is -2.40. The topological polar surface area (TPSA) is 85.3 Å². The van der Waals surface area contributed by atoms with Crippen LogP contribution < -0.4 is 5.73 Å². The molecule has 2 rings (SSSR count). The van der Waals surface area contributed by atoms with Crippen molar-refractivity contribution in [3.63, 3.8) is 0 Å². The summed E-state index contributed by atoms with van der Waals surface area (Å²) in [6.07, 6.45) is 1.87. The number of nitrogens with zero attached hydrogens (tertiary/aromatic N) is 3. The third kappa shape index (κ3) is 3.07. The number of rotatable bonds is 4. The minimum Gasteiger partial charge on any atom is -0.369 e. The second-order valence-corrected chi connectivity index (χ2v) is 5.18. The maximum atomic E-state index is 11.2. The Morgan fingerprint density at radius 1 is 1.61 bits per heavy atom. The van der Waals surface area contributed by atoms with Gasteiger partial charge in [0.05, 0.1) is 12.5 Å². The number of nitrogens with two attached hydrogens (primary N) is 1. The highest BCUT2D eigenvalue weighted by molar-refractivity contribution is 5.76. The summed E-state index contributed by atoms with van der Waals surface area (Å²) in [5.74, 6) is 1.35. The van der Waals surface area contributed by atoms with E-state index in [1.54, 1.807) is 0 Å². The van der Waals surface area contributed by atoms with Crippen LogP contribution in [0.5, 0.6) is 0 Å². The van der Waals surface area contributed by atoms with Gasteiger partial charge in [-0.05, 0) is 19.4 Å². The number of likely N-dealkylation sites (tertiary alicyclic amines) is 1. The first-order valence-corrected chi connectivity index (χ1v) is 6.40. The molecule has 1 unspecified atom stereocenters. The zero-order chi connectivity index (χ0) is 13.1. The van der Waals surface area contributed by atoms with Crippen LogP contribution in [-0.2, 0) is 11.3 Å². The quantitative estimate of drug-likeness (QED) is 0.860. The van der Waals surface area contributed by atoms with E-state index in [-0.39, 0.29) is 17.7 Å². The van der Waals surface area contributed by atoms with Gasteiger partial charge < -0.3 is 10.3 Å². The van der Waals surface area contributed by atoms with Crippen molar-refractivity contribution < 1.29 is 9.32 Å². The minimum absolute atomic E-state index is 0.0498. The number of amides is 1. The van der Waals surface area contributed by atoms with Crippen LogP contribution in [0.15, 0.2) is 4.52 Å². The van der Waals surface area contributed by atoms with Crippen molar-refractivity contribution in [1.29, 1.82) is 0 Å². The van der Waals surface area contributed by atoms with Gasteiger partial charge >= 0.3 is 0 Å². The minimum atomic E-state index is -0.215. The highest BCUT2D eigenvalue weighted by atomic mass is 16.5. The summed E-state index contributed by atoms with van der Waals surface area (Å²) in [4.78, 5) is 17.7. The zero-order valence-electron chi connectivity index (χ0n) is 10.9. The highest BCUT2D eigenvalue weighted by Gasteiger charge is 2.25. The van der Waals surface area contributed by atoms with Crippen LogP contribution in [0, 0.1) is 5.92 Å².